The number of urea groups is 1. The van der Waals surface area contributed by atoms with Gasteiger partial charge in [-0.3, -0.25) is 4.98 Å². The van der Waals surface area contributed by atoms with Crippen LogP contribution in [0.15, 0.2) is 24.5 Å². The molecule has 0 saturated heterocycles. The van der Waals surface area contributed by atoms with Gasteiger partial charge in [0.15, 0.2) is 0 Å². The summed E-state index contributed by atoms with van der Waals surface area (Å²) < 4.78 is 0. The molecule has 0 bridgehead atoms. The van der Waals surface area contributed by atoms with E-state index in [0.29, 0.717) is 6.54 Å². The first-order valence-electron chi connectivity index (χ1n) is 5.73. The van der Waals surface area contributed by atoms with Gasteiger partial charge >= 0.3 is 6.03 Å². The predicted octanol–water partition coefficient (Wildman–Crippen LogP) is 2.07. The lowest BCUT2D eigenvalue weighted by Gasteiger charge is -2.06. The zero-order valence-electron chi connectivity index (χ0n) is 9.70. The third-order valence-electron chi connectivity index (χ3n) is 2.27. The van der Waals surface area contributed by atoms with E-state index in [1.54, 1.807) is 12.4 Å². The number of nitrogens with zero attached hydrogens (tertiary/aromatic N) is 1. The van der Waals surface area contributed by atoms with Crippen LogP contribution < -0.4 is 10.6 Å². The summed E-state index contributed by atoms with van der Waals surface area (Å²) in [4.78, 5) is 15.3. The number of nitrogens with one attached hydrogen (secondary N) is 2. The Labute approximate surface area is 96.5 Å². The van der Waals surface area contributed by atoms with Crippen molar-refractivity contribution in [2.45, 2.75) is 32.7 Å². The maximum Gasteiger partial charge on any atom is 0.315 e. The fraction of sp³-hybridized carbons (Fsp3) is 0.500. The van der Waals surface area contributed by atoms with Crippen molar-refractivity contribution in [1.29, 1.82) is 0 Å². The van der Waals surface area contributed by atoms with Gasteiger partial charge in [-0.05, 0) is 24.1 Å². The second-order valence-corrected chi connectivity index (χ2v) is 3.67. The number of amides is 2. The number of aromatic nitrogens is 1. The zero-order valence-corrected chi connectivity index (χ0v) is 9.70. The molecular weight excluding hydrogens is 202 g/mol. The molecule has 0 spiro atoms. The van der Waals surface area contributed by atoms with Gasteiger partial charge in [0.1, 0.15) is 0 Å². The summed E-state index contributed by atoms with van der Waals surface area (Å²) in [5, 5.41) is 5.62. The molecule has 0 saturated carbocycles. The number of rotatable bonds is 6. The largest absolute Gasteiger partial charge is 0.338 e. The summed E-state index contributed by atoms with van der Waals surface area (Å²) in [5.74, 6) is 0. The molecule has 1 heterocycles. The molecule has 0 aliphatic rings. The van der Waals surface area contributed by atoms with Crippen molar-refractivity contribution in [2.24, 2.45) is 0 Å². The molecule has 1 aromatic rings. The Hall–Kier alpha value is -1.58. The number of hydrogen-bond donors (Lipinski definition) is 2. The smallest absolute Gasteiger partial charge is 0.315 e. The first-order chi connectivity index (χ1) is 7.83. The van der Waals surface area contributed by atoms with Crippen LogP contribution >= 0.6 is 0 Å². The van der Waals surface area contributed by atoms with Crippen molar-refractivity contribution in [1.82, 2.24) is 15.6 Å². The van der Waals surface area contributed by atoms with Gasteiger partial charge < -0.3 is 10.6 Å². The third-order valence-corrected chi connectivity index (χ3v) is 2.27. The van der Waals surface area contributed by atoms with Crippen LogP contribution in [-0.4, -0.2) is 17.6 Å². The molecule has 0 aliphatic heterocycles. The maximum atomic E-state index is 11.3. The lowest BCUT2D eigenvalue weighted by molar-refractivity contribution is 0.240. The van der Waals surface area contributed by atoms with Crippen LogP contribution in [-0.2, 0) is 6.54 Å². The SMILES string of the molecule is CCCCCNC(=O)NCc1ccncc1. The van der Waals surface area contributed by atoms with Crippen LogP contribution in [0.2, 0.25) is 0 Å². The normalized spacial score (nSPS) is 9.81. The first-order valence-corrected chi connectivity index (χ1v) is 5.73. The molecule has 0 aromatic carbocycles. The van der Waals surface area contributed by atoms with Crippen molar-refractivity contribution in [3.63, 3.8) is 0 Å². The Morgan fingerprint density at radius 3 is 2.69 bits per heavy atom. The molecule has 2 N–H and O–H groups in total. The van der Waals surface area contributed by atoms with Crippen molar-refractivity contribution in [3.05, 3.63) is 30.1 Å². The second-order valence-electron chi connectivity index (χ2n) is 3.67. The van der Waals surface area contributed by atoms with Crippen LogP contribution in [0.5, 0.6) is 0 Å². The van der Waals surface area contributed by atoms with E-state index in [4.69, 9.17) is 0 Å². The lowest BCUT2D eigenvalue weighted by Crippen LogP contribution is -2.35. The summed E-state index contributed by atoms with van der Waals surface area (Å²) in [6.45, 7) is 3.43. The monoisotopic (exact) mass is 221 g/mol. The van der Waals surface area contributed by atoms with Crippen LogP contribution in [0, 0.1) is 0 Å². The predicted molar refractivity (Wildman–Crippen MR) is 64.0 cm³/mol. The fourth-order valence-corrected chi connectivity index (χ4v) is 1.32. The van der Waals surface area contributed by atoms with Gasteiger partial charge in [-0.15, -0.1) is 0 Å². The van der Waals surface area contributed by atoms with E-state index in [9.17, 15) is 4.79 Å². The molecule has 0 aliphatic carbocycles. The van der Waals surface area contributed by atoms with E-state index >= 15 is 0 Å². The minimum Gasteiger partial charge on any atom is -0.338 e. The van der Waals surface area contributed by atoms with Gasteiger partial charge in [0, 0.05) is 25.5 Å². The number of pyridine rings is 1. The van der Waals surface area contributed by atoms with Crippen molar-refractivity contribution in [3.8, 4) is 0 Å². The number of carbonyl (C=O) groups is 1. The Kier molecular flexibility index (Phi) is 5.99. The van der Waals surface area contributed by atoms with Gasteiger partial charge in [0.05, 0.1) is 0 Å². The molecule has 4 heteroatoms. The Balaban J connectivity index is 2.11. The summed E-state index contributed by atoms with van der Waals surface area (Å²) in [5.41, 5.74) is 1.05. The minimum atomic E-state index is -0.104. The Morgan fingerprint density at radius 2 is 2.00 bits per heavy atom. The molecule has 2 amide bonds. The summed E-state index contributed by atoms with van der Waals surface area (Å²) in [7, 11) is 0. The minimum absolute atomic E-state index is 0.104. The second kappa shape index (κ2) is 7.68. The molecule has 0 radical (unpaired) electrons. The van der Waals surface area contributed by atoms with E-state index in [2.05, 4.69) is 22.5 Å². The first kappa shape index (κ1) is 12.5. The van der Waals surface area contributed by atoms with E-state index in [0.717, 1.165) is 24.9 Å². The van der Waals surface area contributed by atoms with Crippen molar-refractivity contribution < 1.29 is 4.79 Å². The zero-order chi connectivity index (χ0) is 11.6. The molecule has 1 aromatic heterocycles. The highest BCUT2D eigenvalue weighted by Crippen LogP contribution is 1.94. The van der Waals surface area contributed by atoms with E-state index in [1.807, 2.05) is 12.1 Å². The quantitative estimate of drug-likeness (QED) is 0.722. The van der Waals surface area contributed by atoms with Gasteiger partial charge in [0.25, 0.3) is 0 Å². The highest BCUT2D eigenvalue weighted by molar-refractivity contribution is 5.73. The van der Waals surface area contributed by atoms with Crippen molar-refractivity contribution >= 4 is 6.03 Å². The lowest BCUT2D eigenvalue weighted by atomic mass is 10.2. The van der Waals surface area contributed by atoms with Crippen LogP contribution in [0.3, 0.4) is 0 Å². The fourth-order valence-electron chi connectivity index (χ4n) is 1.32. The van der Waals surface area contributed by atoms with Gasteiger partial charge in [0.2, 0.25) is 0 Å². The summed E-state index contributed by atoms with van der Waals surface area (Å²) >= 11 is 0. The molecule has 0 atom stereocenters. The number of carbonyl (C=O) groups excluding carboxylic acids is 1. The van der Waals surface area contributed by atoms with E-state index in [1.165, 1.54) is 6.42 Å². The average Bonchev–Trinajstić information content (AvgIpc) is 2.33. The topological polar surface area (TPSA) is 54.0 Å². The molecular formula is C12H19N3O. The highest BCUT2D eigenvalue weighted by Gasteiger charge is 1.98. The number of unbranched alkanes of at least 4 members (excludes halogenated alkanes) is 2. The maximum absolute atomic E-state index is 11.3. The molecule has 4 nitrogen and oxygen atoms in total. The third kappa shape index (κ3) is 5.34. The molecule has 1 rings (SSSR count). The standard InChI is InChI=1S/C12H19N3O/c1-2-3-4-7-14-12(16)15-10-11-5-8-13-9-6-11/h5-6,8-9H,2-4,7,10H2,1H3,(H2,14,15,16). The summed E-state index contributed by atoms with van der Waals surface area (Å²) in [6, 6.07) is 3.67. The average molecular weight is 221 g/mol. The van der Waals surface area contributed by atoms with Crippen LogP contribution in [0.1, 0.15) is 31.7 Å². The van der Waals surface area contributed by atoms with Gasteiger partial charge in [-0.1, -0.05) is 19.8 Å². The molecule has 0 fully saturated rings. The highest BCUT2D eigenvalue weighted by atomic mass is 16.2. The van der Waals surface area contributed by atoms with Gasteiger partial charge in [-0.2, -0.15) is 0 Å². The Bertz CT molecular complexity index is 300. The van der Waals surface area contributed by atoms with E-state index in [-0.39, 0.29) is 6.03 Å². The molecule has 16 heavy (non-hydrogen) atoms. The number of hydrogen-bond acceptors (Lipinski definition) is 2. The van der Waals surface area contributed by atoms with Gasteiger partial charge in [-0.25, -0.2) is 4.79 Å². The van der Waals surface area contributed by atoms with Crippen LogP contribution in [0.25, 0.3) is 0 Å². The van der Waals surface area contributed by atoms with Crippen molar-refractivity contribution in [2.75, 3.05) is 6.54 Å². The van der Waals surface area contributed by atoms with Crippen LogP contribution in [0.4, 0.5) is 4.79 Å². The Morgan fingerprint density at radius 1 is 1.25 bits per heavy atom. The summed E-state index contributed by atoms with van der Waals surface area (Å²) in [6.07, 6.45) is 6.80. The van der Waals surface area contributed by atoms with E-state index < -0.39 is 0 Å². The molecule has 0 unspecified atom stereocenters. The molecule has 88 valence electrons.